The first kappa shape index (κ1) is 26.2. The van der Waals surface area contributed by atoms with Crippen LogP contribution < -0.4 is 15.8 Å². The maximum Gasteiger partial charge on any atom is 0.341 e. The van der Waals surface area contributed by atoms with E-state index in [-0.39, 0.29) is 40.3 Å². The van der Waals surface area contributed by atoms with Crippen molar-refractivity contribution in [3.05, 3.63) is 51.2 Å². The van der Waals surface area contributed by atoms with Crippen LogP contribution in [0.5, 0.6) is 5.75 Å². The Balaban J connectivity index is 1.64. The highest BCUT2D eigenvalue weighted by Gasteiger charge is 2.26. The summed E-state index contributed by atoms with van der Waals surface area (Å²) in [7, 11) is 1.79. The number of aryl methyl sites for hydroxylation is 2. The number of ether oxygens (including phenoxy) is 2. The van der Waals surface area contributed by atoms with Crippen molar-refractivity contribution in [2.24, 2.45) is 12.8 Å². The third kappa shape index (κ3) is 6.20. The predicted octanol–water partition coefficient (Wildman–Crippen LogP) is 3.39. The number of amides is 2. The van der Waals surface area contributed by atoms with Crippen LogP contribution in [-0.4, -0.2) is 44.9 Å². The van der Waals surface area contributed by atoms with Gasteiger partial charge in [0, 0.05) is 7.05 Å². The number of primary amides is 1. The molecule has 0 saturated carbocycles. The number of benzene rings is 1. The Labute approximate surface area is 211 Å². The monoisotopic (exact) mass is 517 g/mol. The van der Waals surface area contributed by atoms with Crippen molar-refractivity contribution in [3.63, 3.8) is 0 Å². The molecule has 0 atom stereocenters. The van der Waals surface area contributed by atoms with Crippen LogP contribution in [0.2, 0.25) is 0 Å². The number of nitrogens with zero attached hydrogens (tertiary/aromatic N) is 3. The molecule has 0 bridgehead atoms. The lowest BCUT2D eigenvalue weighted by Crippen LogP contribution is -2.17. The number of rotatable bonds is 10. The molecule has 0 aliphatic rings. The van der Waals surface area contributed by atoms with Crippen molar-refractivity contribution in [3.8, 4) is 5.75 Å². The minimum atomic E-state index is -0.678. The number of esters is 1. The highest BCUT2D eigenvalue weighted by Crippen LogP contribution is 2.33. The average Bonchev–Trinajstić information content (AvgIpc) is 3.32. The zero-order valence-corrected chi connectivity index (χ0v) is 21.8. The number of carbonyl (C=O) groups is 3. The molecule has 2 aromatic heterocycles. The Morgan fingerprint density at radius 2 is 1.91 bits per heavy atom. The van der Waals surface area contributed by atoms with Gasteiger partial charge in [-0.05, 0) is 56.5 Å². The summed E-state index contributed by atoms with van der Waals surface area (Å²) in [5.74, 6) is -0.330. The third-order valence-electron chi connectivity index (χ3n) is 5.21. The number of nitrogens with two attached hydrogens (primary N) is 1. The molecular formula is C23H27N5O5S2. The fourth-order valence-corrected chi connectivity index (χ4v) is 4.92. The fourth-order valence-electron chi connectivity index (χ4n) is 3.13. The first-order valence-electron chi connectivity index (χ1n) is 10.7. The van der Waals surface area contributed by atoms with Gasteiger partial charge < -0.3 is 25.1 Å². The topological polar surface area (TPSA) is 138 Å². The minimum absolute atomic E-state index is 0.00903. The summed E-state index contributed by atoms with van der Waals surface area (Å²) in [6.45, 7) is 7.71. The zero-order chi connectivity index (χ0) is 25.7. The SMILES string of the molecule is CCOC(=O)c1c(NC(=O)CSc2nnc(COc3ccc(C)c(C)c3)n2C)sc(C(N)=O)c1C. The number of thioether (sulfide) groups is 1. The summed E-state index contributed by atoms with van der Waals surface area (Å²) < 4.78 is 12.6. The summed E-state index contributed by atoms with van der Waals surface area (Å²) in [4.78, 5) is 36.9. The number of nitrogens with one attached hydrogen (secondary N) is 1. The van der Waals surface area contributed by atoms with Crippen LogP contribution >= 0.6 is 23.1 Å². The quantitative estimate of drug-likeness (QED) is 0.308. The second-order valence-electron chi connectivity index (χ2n) is 7.67. The summed E-state index contributed by atoms with van der Waals surface area (Å²) in [5.41, 5.74) is 8.24. The maximum absolute atomic E-state index is 12.6. The number of hydrogen-bond donors (Lipinski definition) is 2. The molecule has 35 heavy (non-hydrogen) atoms. The maximum atomic E-state index is 12.6. The smallest absolute Gasteiger partial charge is 0.341 e. The molecule has 2 heterocycles. The van der Waals surface area contributed by atoms with Gasteiger partial charge in [-0.2, -0.15) is 0 Å². The second kappa shape index (κ2) is 11.4. The van der Waals surface area contributed by atoms with Gasteiger partial charge in [-0.15, -0.1) is 21.5 Å². The Hall–Kier alpha value is -3.38. The van der Waals surface area contributed by atoms with Gasteiger partial charge >= 0.3 is 5.97 Å². The van der Waals surface area contributed by atoms with E-state index in [4.69, 9.17) is 15.2 Å². The van der Waals surface area contributed by atoms with Crippen molar-refractivity contribution >= 4 is 45.9 Å². The van der Waals surface area contributed by atoms with Crippen LogP contribution in [0.15, 0.2) is 23.4 Å². The van der Waals surface area contributed by atoms with Crippen molar-refractivity contribution < 1.29 is 23.9 Å². The van der Waals surface area contributed by atoms with Crippen molar-refractivity contribution in [1.29, 1.82) is 0 Å². The molecule has 3 rings (SSSR count). The number of hydrogen-bond acceptors (Lipinski definition) is 9. The Morgan fingerprint density at radius 1 is 1.17 bits per heavy atom. The number of thiophene rings is 1. The van der Waals surface area contributed by atoms with Gasteiger partial charge in [0.2, 0.25) is 5.91 Å². The van der Waals surface area contributed by atoms with E-state index in [1.165, 1.54) is 17.3 Å². The van der Waals surface area contributed by atoms with E-state index in [9.17, 15) is 14.4 Å². The van der Waals surface area contributed by atoms with E-state index >= 15 is 0 Å². The van der Waals surface area contributed by atoms with Gasteiger partial charge in [0.25, 0.3) is 5.91 Å². The van der Waals surface area contributed by atoms with Gasteiger partial charge in [-0.3, -0.25) is 9.59 Å². The van der Waals surface area contributed by atoms with E-state index in [0.717, 1.165) is 22.6 Å². The fraction of sp³-hybridized carbons (Fsp3) is 0.348. The van der Waals surface area contributed by atoms with Crippen molar-refractivity contribution in [2.75, 3.05) is 17.7 Å². The van der Waals surface area contributed by atoms with Gasteiger partial charge in [-0.25, -0.2) is 4.79 Å². The molecule has 0 unspecified atom stereocenters. The zero-order valence-electron chi connectivity index (χ0n) is 20.1. The van der Waals surface area contributed by atoms with Gasteiger partial charge in [0.1, 0.15) is 17.4 Å². The molecule has 3 N–H and O–H groups in total. The molecule has 3 aromatic rings. The van der Waals surface area contributed by atoms with Gasteiger partial charge in [0.15, 0.2) is 11.0 Å². The van der Waals surface area contributed by atoms with E-state index in [1.807, 2.05) is 32.0 Å². The van der Waals surface area contributed by atoms with Crippen LogP contribution in [0.4, 0.5) is 5.00 Å². The normalized spacial score (nSPS) is 10.8. The Kier molecular flexibility index (Phi) is 8.52. The van der Waals surface area contributed by atoms with Crippen LogP contribution in [0.3, 0.4) is 0 Å². The van der Waals surface area contributed by atoms with Crippen molar-refractivity contribution in [2.45, 2.75) is 39.5 Å². The lowest BCUT2D eigenvalue weighted by Gasteiger charge is -2.09. The second-order valence-corrected chi connectivity index (χ2v) is 9.64. The number of aromatic nitrogens is 3. The molecule has 10 nitrogen and oxygen atoms in total. The number of anilines is 1. The van der Waals surface area contributed by atoms with E-state index in [2.05, 4.69) is 15.5 Å². The predicted molar refractivity (Wildman–Crippen MR) is 134 cm³/mol. The van der Waals surface area contributed by atoms with E-state index in [1.54, 1.807) is 25.5 Å². The van der Waals surface area contributed by atoms with Gasteiger partial charge in [-0.1, -0.05) is 17.8 Å². The van der Waals surface area contributed by atoms with Crippen LogP contribution in [-0.2, 0) is 23.2 Å². The standard InChI is InChI=1S/C23H27N5O5S2/c1-6-32-22(31)18-14(4)19(20(24)30)35-21(18)25-17(29)11-34-23-27-26-16(28(23)5)10-33-15-8-7-12(2)13(3)9-15/h7-9H,6,10-11H2,1-5H3,(H2,24,30)(H,25,29). The van der Waals surface area contributed by atoms with E-state index < -0.39 is 11.9 Å². The lowest BCUT2D eigenvalue weighted by atomic mass is 10.1. The molecule has 0 aliphatic carbocycles. The van der Waals surface area contributed by atoms with Gasteiger partial charge in [0.05, 0.1) is 22.8 Å². The number of carbonyl (C=O) groups excluding carboxylic acids is 3. The molecule has 0 fully saturated rings. The molecule has 0 saturated heterocycles. The first-order chi connectivity index (χ1) is 16.6. The van der Waals surface area contributed by atoms with Crippen molar-refractivity contribution in [1.82, 2.24) is 14.8 Å². The molecular weight excluding hydrogens is 490 g/mol. The molecule has 2 amide bonds. The van der Waals surface area contributed by atoms with E-state index in [0.29, 0.717) is 16.5 Å². The molecule has 0 radical (unpaired) electrons. The highest BCUT2D eigenvalue weighted by atomic mass is 32.2. The largest absolute Gasteiger partial charge is 0.486 e. The molecule has 186 valence electrons. The first-order valence-corrected chi connectivity index (χ1v) is 12.5. The Bertz CT molecular complexity index is 1270. The average molecular weight is 518 g/mol. The molecule has 0 aliphatic heterocycles. The Morgan fingerprint density at radius 3 is 2.57 bits per heavy atom. The summed E-state index contributed by atoms with van der Waals surface area (Å²) in [6.07, 6.45) is 0. The van der Waals surface area contributed by atoms with Crippen LogP contribution in [0.1, 0.15) is 49.5 Å². The van der Waals surface area contributed by atoms with Crippen LogP contribution in [0, 0.1) is 20.8 Å². The third-order valence-corrected chi connectivity index (χ3v) is 7.45. The summed E-state index contributed by atoms with van der Waals surface area (Å²) >= 11 is 2.13. The molecule has 12 heteroatoms. The van der Waals surface area contributed by atoms with Crippen LogP contribution in [0.25, 0.3) is 0 Å². The molecule has 0 spiro atoms. The molecule has 1 aromatic carbocycles. The highest BCUT2D eigenvalue weighted by molar-refractivity contribution is 7.99. The summed E-state index contributed by atoms with van der Waals surface area (Å²) in [5, 5.41) is 11.7. The summed E-state index contributed by atoms with van der Waals surface area (Å²) in [6, 6.07) is 5.86. The lowest BCUT2D eigenvalue weighted by molar-refractivity contribution is -0.113. The minimum Gasteiger partial charge on any atom is -0.486 e.